The normalized spacial score (nSPS) is 9.71. The van der Waals surface area contributed by atoms with E-state index in [-0.39, 0.29) is 0 Å². The van der Waals surface area contributed by atoms with Gasteiger partial charge in [-0.15, -0.1) is 5.10 Å². The van der Waals surface area contributed by atoms with E-state index in [0.717, 1.165) is 0 Å². The molecule has 0 saturated carbocycles. The summed E-state index contributed by atoms with van der Waals surface area (Å²) in [5.41, 5.74) is 0.407. The molecule has 86 valence electrons. The number of methoxy groups -OCH3 is 1. The number of nitriles is 1. The smallest absolute Gasteiger partial charge is 0.213 e. The van der Waals surface area contributed by atoms with Crippen LogP contribution in [0.4, 0.5) is 11.6 Å². The van der Waals surface area contributed by atoms with E-state index in [1.54, 1.807) is 31.0 Å². The number of anilines is 2. The first-order valence-electron chi connectivity index (χ1n) is 4.81. The van der Waals surface area contributed by atoms with Gasteiger partial charge in [-0.2, -0.15) is 15.5 Å². The van der Waals surface area contributed by atoms with Crippen LogP contribution in [0.15, 0.2) is 18.3 Å². The number of nitrogens with one attached hydrogen (secondary N) is 1. The van der Waals surface area contributed by atoms with Crippen LogP contribution in [0.3, 0.4) is 0 Å². The third kappa shape index (κ3) is 2.15. The molecule has 0 amide bonds. The van der Waals surface area contributed by atoms with Gasteiger partial charge in [-0.05, 0) is 6.07 Å². The molecule has 7 nitrogen and oxygen atoms in total. The van der Waals surface area contributed by atoms with E-state index in [1.165, 1.54) is 6.20 Å². The van der Waals surface area contributed by atoms with Gasteiger partial charge in [0.1, 0.15) is 6.07 Å². The van der Waals surface area contributed by atoms with Crippen molar-refractivity contribution in [2.75, 3.05) is 12.4 Å². The van der Waals surface area contributed by atoms with Gasteiger partial charge in [-0.1, -0.05) is 0 Å². The molecule has 2 aromatic rings. The van der Waals surface area contributed by atoms with Crippen LogP contribution in [0.1, 0.15) is 5.56 Å². The van der Waals surface area contributed by atoms with Crippen LogP contribution in [0.25, 0.3) is 0 Å². The van der Waals surface area contributed by atoms with Crippen molar-refractivity contribution in [3.05, 3.63) is 23.9 Å². The summed E-state index contributed by atoms with van der Waals surface area (Å²) >= 11 is 0. The summed E-state index contributed by atoms with van der Waals surface area (Å²) < 4.78 is 6.65. The second-order valence-electron chi connectivity index (χ2n) is 3.23. The lowest BCUT2D eigenvalue weighted by atomic mass is 10.3. The van der Waals surface area contributed by atoms with Gasteiger partial charge in [0, 0.05) is 13.1 Å². The quantitative estimate of drug-likeness (QED) is 0.840. The minimum Gasteiger partial charge on any atom is -0.481 e. The summed E-state index contributed by atoms with van der Waals surface area (Å²) in [5, 5.41) is 23.5. The maximum absolute atomic E-state index is 8.89. The largest absolute Gasteiger partial charge is 0.481 e. The average Bonchev–Trinajstić information content (AvgIpc) is 2.70. The molecular weight excluding hydrogens is 220 g/mol. The number of rotatable bonds is 3. The molecule has 0 radical (unpaired) electrons. The van der Waals surface area contributed by atoms with E-state index in [1.807, 2.05) is 6.07 Å². The van der Waals surface area contributed by atoms with Crippen molar-refractivity contribution >= 4 is 11.6 Å². The van der Waals surface area contributed by atoms with Crippen molar-refractivity contribution < 1.29 is 4.74 Å². The molecule has 0 bridgehead atoms. The Morgan fingerprint density at radius 1 is 1.53 bits per heavy atom. The molecule has 0 spiro atoms. The number of ether oxygens (including phenoxy) is 1. The maximum atomic E-state index is 8.89. The molecule has 0 aliphatic rings. The number of aryl methyl sites for hydroxylation is 1. The van der Waals surface area contributed by atoms with Gasteiger partial charge in [-0.3, -0.25) is 0 Å². The molecule has 2 aromatic heterocycles. The molecule has 17 heavy (non-hydrogen) atoms. The minimum atomic E-state index is 0.371. The van der Waals surface area contributed by atoms with E-state index in [4.69, 9.17) is 10.00 Å². The van der Waals surface area contributed by atoms with Crippen molar-refractivity contribution in [2.24, 2.45) is 7.05 Å². The number of aromatic nitrogens is 4. The Labute approximate surface area is 97.7 Å². The Morgan fingerprint density at radius 2 is 2.35 bits per heavy atom. The van der Waals surface area contributed by atoms with Crippen molar-refractivity contribution in [3.8, 4) is 11.9 Å². The predicted molar refractivity (Wildman–Crippen MR) is 59.8 cm³/mol. The SMILES string of the molecule is COc1cc(Nc2nnccc2C#N)nn1C. The molecular formula is C10H10N6O. The van der Waals surface area contributed by atoms with Crippen molar-refractivity contribution in [2.45, 2.75) is 0 Å². The van der Waals surface area contributed by atoms with E-state index in [2.05, 4.69) is 20.6 Å². The monoisotopic (exact) mass is 230 g/mol. The Morgan fingerprint density at radius 3 is 3.00 bits per heavy atom. The van der Waals surface area contributed by atoms with Gasteiger partial charge in [0.05, 0.1) is 18.9 Å². The van der Waals surface area contributed by atoms with Crippen LogP contribution >= 0.6 is 0 Å². The fourth-order valence-corrected chi connectivity index (χ4v) is 1.34. The highest BCUT2D eigenvalue weighted by molar-refractivity contribution is 5.59. The highest BCUT2D eigenvalue weighted by atomic mass is 16.5. The lowest BCUT2D eigenvalue weighted by Gasteiger charge is -2.01. The van der Waals surface area contributed by atoms with Crippen molar-refractivity contribution in [1.29, 1.82) is 5.26 Å². The molecule has 0 unspecified atom stereocenters. The topological polar surface area (TPSA) is 88.7 Å². The van der Waals surface area contributed by atoms with E-state index in [0.29, 0.717) is 23.1 Å². The van der Waals surface area contributed by atoms with E-state index in [9.17, 15) is 0 Å². The Kier molecular flexibility index (Phi) is 2.87. The van der Waals surface area contributed by atoms with Crippen molar-refractivity contribution in [1.82, 2.24) is 20.0 Å². The Bertz CT molecular complexity index is 570. The zero-order valence-corrected chi connectivity index (χ0v) is 9.38. The molecule has 7 heteroatoms. The van der Waals surface area contributed by atoms with Crippen LogP contribution in [0.5, 0.6) is 5.88 Å². The first-order valence-corrected chi connectivity index (χ1v) is 4.81. The second kappa shape index (κ2) is 4.49. The van der Waals surface area contributed by atoms with Gasteiger partial charge < -0.3 is 10.1 Å². The fraction of sp³-hybridized carbons (Fsp3) is 0.200. The van der Waals surface area contributed by atoms with E-state index < -0.39 is 0 Å². The van der Waals surface area contributed by atoms with Gasteiger partial charge in [0.15, 0.2) is 11.6 Å². The van der Waals surface area contributed by atoms with Crippen LogP contribution in [-0.4, -0.2) is 27.1 Å². The average molecular weight is 230 g/mol. The second-order valence-corrected chi connectivity index (χ2v) is 3.23. The first-order chi connectivity index (χ1) is 8.24. The molecule has 0 saturated heterocycles. The highest BCUT2D eigenvalue weighted by Gasteiger charge is 2.08. The zero-order chi connectivity index (χ0) is 12.3. The van der Waals surface area contributed by atoms with Gasteiger partial charge in [-0.25, -0.2) is 4.68 Å². The molecule has 1 N–H and O–H groups in total. The lowest BCUT2D eigenvalue weighted by molar-refractivity contribution is 0.373. The molecule has 0 aliphatic carbocycles. The fourth-order valence-electron chi connectivity index (χ4n) is 1.34. The third-order valence-electron chi connectivity index (χ3n) is 2.13. The molecule has 0 aromatic carbocycles. The van der Waals surface area contributed by atoms with Gasteiger partial charge in [0.25, 0.3) is 0 Å². The molecule has 2 heterocycles. The Balaban J connectivity index is 2.29. The summed E-state index contributed by atoms with van der Waals surface area (Å²) in [6.45, 7) is 0. The predicted octanol–water partition coefficient (Wildman–Crippen LogP) is 0.834. The summed E-state index contributed by atoms with van der Waals surface area (Å²) in [7, 11) is 3.32. The Hall–Kier alpha value is -2.62. The third-order valence-corrected chi connectivity index (χ3v) is 2.13. The molecule has 0 atom stereocenters. The van der Waals surface area contributed by atoms with Crippen LogP contribution in [0.2, 0.25) is 0 Å². The molecule has 0 aliphatic heterocycles. The van der Waals surface area contributed by atoms with Gasteiger partial charge >= 0.3 is 0 Å². The number of hydrogen-bond donors (Lipinski definition) is 1. The summed E-state index contributed by atoms with van der Waals surface area (Å²) in [4.78, 5) is 0. The lowest BCUT2D eigenvalue weighted by Crippen LogP contribution is -1.99. The standard InChI is InChI=1S/C10H10N6O/c1-16-9(17-2)5-8(15-16)13-10-7(6-11)3-4-12-14-10/h3-5H,1-2H3,(H,13,14,15). The van der Waals surface area contributed by atoms with Gasteiger partial charge in [0.2, 0.25) is 5.88 Å². The van der Waals surface area contributed by atoms with Crippen molar-refractivity contribution in [3.63, 3.8) is 0 Å². The van der Waals surface area contributed by atoms with E-state index >= 15 is 0 Å². The zero-order valence-electron chi connectivity index (χ0n) is 9.38. The first kappa shape index (κ1) is 10.9. The maximum Gasteiger partial charge on any atom is 0.213 e. The van der Waals surface area contributed by atoms with Crippen LogP contribution < -0.4 is 10.1 Å². The van der Waals surface area contributed by atoms with Crippen LogP contribution in [-0.2, 0) is 7.05 Å². The molecule has 2 rings (SSSR count). The summed E-state index contributed by atoms with van der Waals surface area (Å²) in [6.07, 6.45) is 1.46. The summed E-state index contributed by atoms with van der Waals surface area (Å²) in [6, 6.07) is 5.30. The highest BCUT2D eigenvalue weighted by Crippen LogP contribution is 2.20. The van der Waals surface area contributed by atoms with Crippen LogP contribution in [0, 0.1) is 11.3 Å². The minimum absolute atomic E-state index is 0.371. The summed E-state index contributed by atoms with van der Waals surface area (Å²) in [5.74, 6) is 1.52. The number of nitrogens with zero attached hydrogens (tertiary/aromatic N) is 5. The number of hydrogen-bond acceptors (Lipinski definition) is 6. The molecule has 0 fully saturated rings.